The van der Waals surface area contributed by atoms with Gasteiger partial charge in [0.05, 0.1) is 0 Å². The molecule has 0 unspecified atom stereocenters. The van der Waals surface area contributed by atoms with E-state index in [1.54, 1.807) is 19.1 Å². The molecule has 0 saturated heterocycles. The Bertz CT molecular complexity index is 994. The summed E-state index contributed by atoms with van der Waals surface area (Å²) in [6.45, 7) is 1.80. The van der Waals surface area contributed by atoms with Crippen molar-refractivity contribution in [1.82, 2.24) is 0 Å². The molecule has 0 aliphatic heterocycles. The lowest BCUT2D eigenvalue weighted by Crippen LogP contribution is -2.10. The standard InChI is InChI=1S/C18H13NO3/c1-11-6-9-16(21-11)18(20)19-12-7-8-14-13-4-2-3-5-15(13)22-17(14)10-12/h2-10H,1H3,(H,19,20). The third kappa shape index (κ3) is 2.05. The van der Waals surface area contributed by atoms with Crippen molar-refractivity contribution in [3.63, 3.8) is 0 Å². The van der Waals surface area contributed by atoms with Gasteiger partial charge in [0, 0.05) is 22.5 Å². The highest BCUT2D eigenvalue weighted by Gasteiger charge is 2.12. The minimum Gasteiger partial charge on any atom is -0.456 e. The summed E-state index contributed by atoms with van der Waals surface area (Å²) in [7, 11) is 0. The van der Waals surface area contributed by atoms with Gasteiger partial charge in [-0.2, -0.15) is 0 Å². The Kier molecular flexibility index (Phi) is 2.76. The number of fused-ring (bicyclic) bond motifs is 3. The fourth-order valence-corrected chi connectivity index (χ4v) is 2.55. The number of carbonyl (C=O) groups is 1. The fourth-order valence-electron chi connectivity index (χ4n) is 2.55. The molecule has 2 heterocycles. The van der Waals surface area contributed by atoms with Gasteiger partial charge in [0.2, 0.25) is 0 Å². The van der Waals surface area contributed by atoms with Gasteiger partial charge in [0.1, 0.15) is 16.9 Å². The van der Waals surface area contributed by atoms with Crippen LogP contribution < -0.4 is 5.32 Å². The summed E-state index contributed by atoms with van der Waals surface area (Å²) >= 11 is 0. The Hall–Kier alpha value is -3.01. The largest absolute Gasteiger partial charge is 0.456 e. The van der Waals surface area contributed by atoms with Crippen molar-refractivity contribution >= 4 is 33.5 Å². The molecule has 0 aliphatic carbocycles. The van der Waals surface area contributed by atoms with Crippen LogP contribution in [-0.2, 0) is 0 Å². The van der Waals surface area contributed by atoms with Crippen molar-refractivity contribution in [1.29, 1.82) is 0 Å². The molecule has 2 aromatic heterocycles. The Morgan fingerprint density at radius 1 is 0.909 bits per heavy atom. The number of amides is 1. The molecule has 0 radical (unpaired) electrons. The van der Waals surface area contributed by atoms with Gasteiger partial charge in [-0.05, 0) is 37.3 Å². The van der Waals surface area contributed by atoms with E-state index >= 15 is 0 Å². The summed E-state index contributed by atoms with van der Waals surface area (Å²) in [5.74, 6) is 0.726. The summed E-state index contributed by atoms with van der Waals surface area (Å²) in [5.41, 5.74) is 2.25. The molecule has 2 aromatic carbocycles. The van der Waals surface area contributed by atoms with Crippen molar-refractivity contribution < 1.29 is 13.6 Å². The van der Waals surface area contributed by atoms with Gasteiger partial charge < -0.3 is 14.2 Å². The van der Waals surface area contributed by atoms with Crippen LogP contribution in [-0.4, -0.2) is 5.91 Å². The van der Waals surface area contributed by atoms with Crippen LogP contribution in [0.25, 0.3) is 21.9 Å². The molecule has 22 heavy (non-hydrogen) atoms. The van der Waals surface area contributed by atoms with Crippen molar-refractivity contribution in [2.24, 2.45) is 0 Å². The lowest BCUT2D eigenvalue weighted by molar-refractivity contribution is 0.0995. The van der Waals surface area contributed by atoms with Gasteiger partial charge in [-0.1, -0.05) is 18.2 Å². The first-order chi connectivity index (χ1) is 10.7. The van der Waals surface area contributed by atoms with Gasteiger partial charge in [0.25, 0.3) is 5.91 Å². The lowest BCUT2D eigenvalue weighted by Gasteiger charge is -2.02. The maximum Gasteiger partial charge on any atom is 0.291 e. The SMILES string of the molecule is Cc1ccc(C(=O)Nc2ccc3c(c2)oc2ccccc23)o1. The molecule has 1 N–H and O–H groups in total. The third-order valence-corrected chi connectivity index (χ3v) is 3.60. The highest BCUT2D eigenvalue weighted by molar-refractivity contribution is 6.07. The number of furan rings is 2. The maximum atomic E-state index is 12.1. The predicted molar refractivity (Wildman–Crippen MR) is 85.1 cm³/mol. The first-order valence-electron chi connectivity index (χ1n) is 7.00. The van der Waals surface area contributed by atoms with Crippen LogP contribution in [0.15, 0.2) is 63.4 Å². The molecule has 0 spiro atoms. The molecule has 0 bridgehead atoms. The summed E-state index contributed by atoms with van der Waals surface area (Å²) in [5, 5.41) is 4.91. The molecule has 0 fully saturated rings. The van der Waals surface area contributed by atoms with Gasteiger partial charge >= 0.3 is 0 Å². The molecule has 0 aliphatic rings. The molecule has 4 nitrogen and oxygen atoms in total. The fraction of sp³-hybridized carbons (Fsp3) is 0.0556. The summed E-state index contributed by atoms with van der Waals surface area (Å²) in [6.07, 6.45) is 0. The van der Waals surface area contributed by atoms with E-state index in [9.17, 15) is 4.79 Å². The van der Waals surface area contributed by atoms with E-state index in [2.05, 4.69) is 5.32 Å². The molecule has 4 aromatic rings. The van der Waals surface area contributed by atoms with E-state index in [0.717, 1.165) is 21.9 Å². The Labute approximate surface area is 126 Å². The minimum absolute atomic E-state index is 0.274. The summed E-state index contributed by atoms with van der Waals surface area (Å²) in [6, 6.07) is 16.9. The molecule has 0 saturated carbocycles. The number of hydrogen-bond acceptors (Lipinski definition) is 3. The Morgan fingerprint density at radius 3 is 2.55 bits per heavy atom. The molecule has 4 rings (SSSR count). The first kappa shape index (κ1) is 12.7. The van der Waals surface area contributed by atoms with Crippen LogP contribution in [0, 0.1) is 6.92 Å². The van der Waals surface area contributed by atoms with E-state index in [1.807, 2.05) is 42.5 Å². The van der Waals surface area contributed by atoms with E-state index < -0.39 is 0 Å². The Balaban J connectivity index is 1.70. The van der Waals surface area contributed by atoms with Crippen LogP contribution >= 0.6 is 0 Å². The number of para-hydroxylation sites is 1. The topological polar surface area (TPSA) is 55.4 Å². The average molecular weight is 291 g/mol. The summed E-state index contributed by atoms with van der Waals surface area (Å²) in [4.78, 5) is 12.1. The van der Waals surface area contributed by atoms with E-state index in [-0.39, 0.29) is 5.91 Å². The maximum absolute atomic E-state index is 12.1. The number of carbonyl (C=O) groups excluding carboxylic acids is 1. The number of nitrogens with one attached hydrogen (secondary N) is 1. The number of aryl methyl sites for hydroxylation is 1. The van der Waals surface area contributed by atoms with Crippen molar-refractivity contribution in [2.75, 3.05) is 5.32 Å². The van der Waals surface area contributed by atoms with Crippen LogP contribution in [0.3, 0.4) is 0 Å². The third-order valence-electron chi connectivity index (χ3n) is 3.60. The smallest absolute Gasteiger partial charge is 0.291 e. The molecule has 108 valence electrons. The molecule has 4 heteroatoms. The van der Waals surface area contributed by atoms with Crippen LogP contribution in [0.1, 0.15) is 16.3 Å². The van der Waals surface area contributed by atoms with Crippen LogP contribution in [0.2, 0.25) is 0 Å². The highest BCUT2D eigenvalue weighted by atomic mass is 16.3. The normalized spacial score (nSPS) is 11.1. The Morgan fingerprint density at radius 2 is 1.73 bits per heavy atom. The zero-order chi connectivity index (χ0) is 15.1. The van der Waals surface area contributed by atoms with Gasteiger partial charge in [-0.15, -0.1) is 0 Å². The number of hydrogen-bond donors (Lipinski definition) is 1. The van der Waals surface area contributed by atoms with Crippen molar-refractivity contribution in [2.45, 2.75) is 6.92 Å². The molecule has 0 atom stereocenters. The quantitative estimate of drug-likeness (QED) is 0.580. The monoisotopic (exact) mass is 291 g/mol. The second-order valence-corrected chi connectivity index (χ2v) is 5.17. The number of rotatable bonds is 2. The van der Waals surface area contributed by atoms with E-state index in [4.69, 9.17) is 8.83 Å². The van der Waals surface area contributed by atoms with Crippen LogP contribution in [0.5, 0.6) is 0 Å². The zero-order valence-electron chi connectivity index (χ0n) is 11.9. The first-order valence-corrected chi connectivity index (χ1v) is 7.00. The van der Waals surface area contributed by atoms with Gasteiger partial charge in [-0.25, -0.2) is 0 Å². The highest BCUT2D eigenvalue weighted by Crippen LogP contribution is 2.30. The van der Waals surface area contributed by atoms with E-state index in [0.29, 0.717) is 17.2 Å². The minimum atomic E-state index is -0.274. The van der Waals surface area contributed by atoms with Crippen LogP contribution in [0.4, 0.5) is 5.69 Å². The second kappa shape index (κ2) is 4.77. The van der Waals surface area contributed by atoms with Crippen molar-refractivity contribution in [3.8, 4) is 0 Å². The number of anilines is 1. The summed E-state index contributed by atoms with van der Waals surface area (Å²) < 4.78 is 11.1. The second-order valence-electron chi connectivity index (χ2n) is 5.17. The molecule has 1 amide bonds. The van der Waals surface area contributed by atoms with Crippen molar-refractivity contribution in [3.05, 3.63) is 66.1 Å². The van der Waals surface area contributed by atoms with E-state index in [1.165, 1.54) is 0 Å². The molecular weight excluding hydrogens is 278 g/mol. The van der Waals surface area contributed by atoms with Gasteiger partial charge in [-0.3, -0.25) is 4.79 Å². The average Bonchev–Trinajstić information content (AvgIpc) is 3.10. The number of benzene rings is 2. The van der Waals surface area contributed by atoms with Gasteiger partial charge in [0.15, 0.2) is 5.76 Å². The molecular formula is C18H13NO3. The lowest BCUT2D eigenvalue weighted by atomic mass is 10.1. The predicted octanol–water partition coefficient (Wildman–Crippen LogP) is 4.74. The zero-order valence-corrected chi connectivity index (χ0v) is 11.9.